The normalized spacial score (nSPS) is 13.1. The number of aromatic amines is 1. The highest BCUT2D eigenvalue weighted by molar-refractivity contribution is 7.71. The van der Waals surface area contributed by atoms with Crippen molar-refractivity contribution in [3.63, 3.8) is 0 Å². The van der Waals surface area contributed by atoms with E-state index in [1.165, 1.54) is 0 Å². The van der Waals surface area contributed by atoms with Gasteiger partial charge < -0.3 is 4.98 Å². The molecule has 2 heterocycles. The number of aryl methyl sites for hydroxylation is 2. The molecule has 0 aliphatic heterocycles. The summed E-state index contributed by atoms with van der Waals surface area (Å²) in [4.78, 5) is 3.27. The third kappa shape index (κ3) is 1.84. The minimum Gasteiger partial charge on any atom is -0.328 e. The maximum Gasteiger partial charge on any atom is 0.179 e. The van der Waals surface area contributed by atoms with E-state index in [-0.39, 0.29) is 0 Å². The van der Waals surface area contributed by atoms with Gasteiger partial charge in [0.25, 0.3) is 0 Å². The molecule has 5 heteroatoms. The van der Waals surface area contributed by atoms with Crippen LogP contribution >= 0.6 is 12.2 Å². The van der Waals surface area contributed by atoms with Crippen LogP contribution < -0.4 is 0 Å². The predicted octanol–water partition coefficient (Wildman–Crippen LogP) is 3.13. The first-order chi connectivity index (χ1) is 8.10. The van der Waals surface area contributed by atoms with Crippen LogP contribution in [-0.2, 0) is 13.5 Å². The van der Waals surface area contributed by atoms with Gasteiger partial charge in [0.2, 0.25) is 0 Å². The number of H-pyrrole nitrogens is 1. The van der Waals surface area contributed by atoms with Gasteiger partial charge in [0, 0.05) is 13.1 Å². The predicted molar refractivity (Wildman–Crippen MR) is 72.8 cm³/mol. The Bertz CT molecular complexity index is 602. The van der Waals surface area contributed by atoms with E-state index in [0.29, 0.717) is 6.04 Å². The smallest absolute Gasteiger partial charge is 0.179 e. The number of nitrogens with one attached hydrogen (secondary N) is 1. The summed E-state index contributed by atoms with van der Waals surface area (Å²) in [5.41, 5.74) is 3.20. The molecule has 0 amide bonds. The van der Waals surface area contributed by atoms with E-state index in [1.54, 1.807) is 0 Å². The van der Waals surface area contributed by atoms with Crippen LogP contribution in [0.1, 0.15) is 32.0 Å². The lowest BCUT2D eigenvalue weighted by Crippen LogP contribution is -2.07. The lowest BCUT2D eigenvalue weighted by Gasteiger charge is -2.11. The average molecular weight is 250 g/mol. The molecule has 0 fully saturated rings. The summed E-state index contributed by atoms with van der Waals surface area (Å²) in [6.45, 7) is 8.03. The van der Waals surface area contributed by atoms with Crippen LogP contribution in [0.25, 0.3) is 11.2 Å². The number of aromatic nitrogens is 4. The molecule has 4 nitrogen and oxygen atoms in total. The summed E-state index contributed by atoms with van der Waals surface area (Å²) >= 11 is 5.40. The van der Waals surface area contributed by atoms with Crippen molar-refractivity contribution in [3.05, 3.63) is 23.1 Å². The maximum absolute atomic E-state index is 5.40. The minimum atomic E-state index is 0.300. The number of hydrogen-bond donors (Lipinski definition) is 1. The highest BCUT2D eigenvalue weighted by Crippen LogP contribution is 2.23. The summed E-state index contributed by atoms with van der Waals surface area (Å²) in [6, 6.07) is 0.300. The van der Waals surface area contributed by atoms with E-state index in [4.69, 9.17) is 12.2 Å². The summed E-state index contributed by atoms with van der Waals surface area (Å²) in [7, 11) is 1.96. The van der Waals surface area contributed by atoms with Gasteiger partial charge in [-0.2, -0.15) is 5.10 Å². The molecule has 2 aromatic heterocycles. The maximum atomic E-state index is 5.40. The molecule has 0 saturated carbocycles. The molecular formula is C12H18N4S. The van der Waals surface area contributed by atoms with Gasteiger partial charge in [-0.1, -0.05) is 13.0 Å². The van der Waals surface area contributed by atoms with Gasteiger partial charge in [-0.05, 0) is 32.0 Å². The van der Waals surface area contributed by atoms with Crippen molar-refractivity contribution >= 4 is 23.4 Å². The highest BCUT2D eigenvalue weighted by Gasteiger charge is 2.16. The van der Waals surface area contributed by atoms with E-state index in [1.807, 2.05) is 17.8 Å². The molecule has 17 heavy (non-hydrogen) atoms. The number of imidazole rings is 1. The van der Waals surface area contributed by atoms with Crippen molar-refractivity contribution < 1.29 is 0 Å². The molecule has 0 aliphatic carbocycles. The van der Waals surface area contributed by atoms with Crippen molar-refractivity contribution in [1.82, 2.24) is 19.3 Å². The van der Waals surface area contributed by atoms with Crippen LogP contribution in [0.4, 0.5) is 0 Å². The van der Waals surface area contributed by atoms with Crippen LogP contribution in [-0.4, -0.2) is 19.3 Å². The number of rotatable bonds is 4. The molecule has 1 atom stereocenters. The highest BCUT2D eigenvalue weighted by atomic mass is 32.1. The van der Waals surface area contributed by atoms with E-state index in [2.05, 4.69) is 35.1 Å². The van der Waals surface area contributed by atoms with Crippen molar-refractivity contribution in [2.24, 2.45) is 7.05 Å². The molecule has 1 unspecified atom stereocenters. The van der Waals surface area contributed by atoms with Gasteiger partial charge in [0.05, 0.1) is 5.69 Å². The van der Waals surface area contributed by atoms with Gasteiger partial charge >= 0.3 is 0 Å². The largest absolute Gasteiger partial charge is 0.328 e. The second-order valence-electron chi connectivity index (χ2n) is 4.30. The lowest BCUT2D eigenvalue weighted by molar-refractivity contribution is 0.548. The molecule has 0 radical (unpaired) electrons. The SMILES string of the molecule is C=CCC(C)n1c(=S)[nH]c2c(CC)nn(C)c21. The molecule has 0 bridgehead atoms. The number of nitrogens with zero attached hydrogens (tertiary/aromatic N) is 3. The van der Waals surface area contributed by atoms with Crippen LogP contribution in [0.3, 0.4) is 0 Å². The number of hydrogen-bond acceptors (Lipinski definition) is 2. The Balaban J connectivity index is 2.70. The Morgan fingerprint density at radius 2 is 2.29 bits per heavy atom. The van der Waals surface area contributed by atoms with Crippen molar-refractivity contribution in [2.45, 2.75) is 32.7 Å². The fraction of sp³-hybridized carbons (Fsp3) is 0.500. The lowest BCUT2D eigenvalue weighted by atomic mass is 10.2. The van der Waals surface area contributed by atoms with E-state index in [9.17, 15) is 0 Å². The molecule has 0 saturated heterocycles. The summed E-state index contributed by atoms with van der Waals surface area (Å²) in [5.74, 6) is 0. The third-order valence-electron chi connectivity index (χ3n) is 3.05. The monoisotopic (exact) mass is 250 g/mol. The first-order valence-corrected chi connectivity index (χ1v) is 6.27. The summed E-state index contributed by atoms with van der Waals surface area (Å²) in [5, 5.41) is 4.50. The van der Waals surface area contributed by atoms with E-state index in [0.717, 1.165) is 34.5 Å². The topological polar surface area (TPSA) is 38.5 Å². The van der Waals surface area contributed by atoms with E-state index < -0.39 is 0 Å². The fourth-order valence-electron chi connectivity index (χ4n) is 2.24. The molecule has 2 aromatic rings. The fourth-order valence-corrected chi connectivity index (χ4v) is 2.61. The summed E-state index contributed by atoms with van der Waals surface area (Å²) in [6.07, 6.45) is 3.72. The zero-order chi connectivity index (χ0) is 12.6. The Hall–Kier alpha value is -1.36. The Morgan fingerprint density at radius 3 is 2.88 bits per heavy atom. The van der Waals surface area contributed by atoms with Crippen molar-refractivity contribution in [3.8, 4) is 0 Å². The van der Waals surface area contributed by atoms with Crippen molar-refractivity contribution in [2.75, 3.05) is 0 Å². The zero-order valence-corrected chi connectivity index (χ0v) is 11.3. The van der Waals surface area contributed by atoms with Crippen LogP contribution in [0.5, 0.6) is 0 Å². The first kappa shape index (κ1) is 12.1. The zero-order valence-electron chi connectivity index (χ0n) is 10.5. The molecule has 0 aliphatic rings. The minimum absolute atomic E-state index is 0.300. The quantitative estimate of drug-likeness (QED) is 0.669. The summed E-state index contributed by atoms with van der Waals surface area (Å²) < 4.78 is 4.79. The first-order valence-electron chi connectivity index (χ1n) is 5.87. The van der Waals surface area contributed by atoms with Gasteiger partial charge in [0.15, 0.2) is 10.4 Å². The van der Waals surface area contributed by atoms with Crippen LogP contribution in [0, 0.1) is 4.77 Å². The second-order valence-corrected chi connectivity index (χ2v) is 4.68. The van der Waals surface area contributed by atoms with Gasteiger partial charge in [-0.25, -0.2) is 0 Å². The number of allylic oxidation sites excluding steroid dienone is 1. The molecular weight excluding hydrogens is 232 g/mol. The number of fused-ring (bicyclic) bond motifs is 1. The van der Waals surface area contributed by atoms with Gasteiger partial charge in [-0.15, -0.1) is 6.58 Å². The van der Waals surface area contributed by atoms with Crippen LogP contribution in [0.15, 0.2) is 12.7 Å². The molecule has 92 valence electrons. The molecule has 2 rings (SSSR count). The Morgan fingerprint density at radius 1 is 1.59 bits per heavy atom. The van der Waals surface area contributed by atoms with Gasteiger partial charge in [0.1, 0.15) is 5.52 Å². The van der Waals surface area contributed by atoms with Crippen molar-refractivity contribution in [1.29, 1.82) is 0 Å². The Labute approximate surface area is 106 Å². The van der Waals surface area contributed by atoms with Crippen LogP contribution in [0.2, 0.25) is 0 Å². The third-order valence-corrected chi connectivity index (χ3v) is 3.35. The standard InChI is InChI=1S/C12H18N4S/c1-5-7-8(3)16-11-10(13-12(16)17)9(6-2)14-15(11)4/h5,8H,1,6-7H2,2-4H3,(H,13,17). The Kier molecular flexibility index (Phi) is 3.19. The van der Waals surface area contributed by atoms with E-state index >= 15 is 0 Å². The molecule has 0 aromatic carbocycles. The average Bonchev–Trinajstić information content (AvgIpc) is 2.76. The second kappa shape index (κ2) is 4.49. The molecule has 1 N–H and O–H groups in total. The molecule has 0 spiro atoms. The van der Waals surface area contributed by atoms with Gasteiger partial charge in [-0.3, -0.25) is 9.25 Å².